The van der Waals surface area contributed by atoms with Gasteiger partial charge in [0.05, 0.1) is 44.0 Å². The molecule has 2 aliphatic rings. The summed E-state index contributed by atoms with van der Waals surface area (Å²) in [6.45, 7) is 20.0. The van der Waals surface area contributed by atoms with Crippen LogP contribution in [-0.4, -0.2) is 55.2 Å². The fourth-order valence-corrected chi connectivity index (χ4v) is 2.60. The van der Waals surface area contributed by atoms with E-state index in [2.05, 4.69) is 48.5 Å². The molecule has 0 aromatic rings. The van der Waals surface area contributed by atoms with Gasteiger partial charge in [-0.05, 0) is 36.5 Å². The smallest absolute Gasteiger partial charge is 0.104 e. The molecule has 5 heteroatoms. The molecule has 2 rings (SSSR count). The van der Waals surface area contributed by atoms with Crippen molar-refractivity contribution in [3.8, 4) is 0 Å². The molecule has 4 atom stereocenters. The number of alkyl halides is 1. The van der Waals surface area contributed by atoms with Gasteiger partial charge in [-0.15, -0.1) is 11.6 Å². The summed E-state index contributed by atoms with van der Waals surface area (Å²) in [5.74, 6) is 0.667. The molecule has 0 radical (unpaired) electrons. The van der Waals surface area contributed by atoms with Gasteiger partial charge in [-0.1, -0.05) is 62.8 Å². The number of hydrogen-bond donors (Lipinski definition) is 1. The number of epoxide rings is 2. The van der Waals surface area contributed by atoms with Gasteiger partial charge in [0.25, 0.3) is 0 Å². The summed E-state index contributed by atoms with van der Waals surface area (Å²) < 4.78 is 15.6. The zero-order valence-corrected chi connectivity index (χ0v) is 19.8. The first-order chi connectivity index (χ1) is 12.4. The highest BCUT2D eigenvalue weighted by atomic mass is 35.5. The number of ether oxygens (including phenoxy) is 3. The molecule has 4 unspecified atom stereocenters. The number of halogens is 1. The van der Waals surface area contributed by atoms with E-state index in [1.165, 1.54) is 0 Å². The molecular weight excluding hydrogens is 376 g/mol. The number of aliphatic hydroxyl groups is 1. The van der Waals surface area contributed by atoms with Crippen molar-refractivity contribution in [2.24, 2.45) is 10.8 Å². The summed E-state index contributed by atoms with van der Waals surface area (Å²) in [6.07, 6.45) is 5.11. The standard InChI is InChI=1S/C11H22O2.C8H18O.C3H5ClO.CH4/c1-5-9(6-11(2,3)4)12-7-10-8-13-10;1-5-7(9)6-8(2,3)4;4-1-3-2-5-3;/h9-10H,5-8H2,1-4H3;7,9H,5-6H2,1-4H3;3H,1-2H2;1H4. The van der Waals surface area contributed by atoms with Gasteiger partial charge in [-0.2, -0.15) is 0 Å². The fourth-order valence-electron chi connectivity index (χ4n) is 2.42. The van der Waals surface area contributed by atoms with Crippen LogP contribution in [0.1, 0.15) is 88.5 Å². The Kier molecular flexibility index (Phi) is 16.3. The van der Waals surface area contributed by atoms with Crippen LogP contribution in [0.4, 0.5) is 0 Å². The topological polar surface area (TPSA) is 54.5 Å². The van der Waals surface area contributed by atoms with E-state index >= 15 is 0 Å². The Bertz CT molecular complexity index is 355. The van der Waals surface area contributed by atoms with Gasteiger partial charge >= 0.3 is 0 Å². The zero-order valence-electron chi connectivity index (χ0n) is 19.0. The quantitative estimate of drug-likeness (QED) is 0.379. The Balaban J connectivity index is 0. The number of aliphatic hydroxyl groups excluding tert-OH is 1. The van der Waals surface area contributed by atoms with Crippen molar-refractivity contribution in [1.82, 2.24) is 0 Å². The molecule has 0 aliphatic carbocycles. The predicted octanol–water partition coefficient (Wildman–Crippen LogP) is 6.07. The molecule has 28 heavy (non-hydrogen) atoms. The molecule has 2 saturated heterocycles. The molecule has 0 aromatic heterocycles. The highest BCUT2D eigenvalue weighted by Crippen LogP contribution is 2.24. The van der Waals surface area contributed by atoms with Crippen LogP contribution < -0.4 is 0 Å². The van der Waals surface area contributed by atoms with Gasteiger partial charge in [0.2, 0.25) is 0 Å². The Labute approximate surface area is 180 Å². The minimum absolute atomic E-state index is 0. The summed E-state index contributed by atoms with van der Waals surface area (Å²) in [4.78, 5) is 0. The molecule has 172 valence electrons. The lowest BCUT2D eigenvalue weighted by molar-refractivity contribution is 0.0155. The molecule has 4 nitrogen and oxygen atoms in total. The zero-order chi connectivity index (χ0) is 21.1. The summed E-state index contributed by atoms with van der Waals surface area (Å²) >= 11 is 5.27. The van der Waals surface area contributed by atoms with E-state index in [4.69, 9.17) is 25.8 Å². The van der Waals surface area contributed by atoms with Crippen molar-refractivity contribution in [2.45, 2.75) is 113 Å². The lowest BCUT2D eigenvalue weighted by Crippen LogP contribution is -2.22. The second-order valence-electron chi connectivity index (χ2n) is 10.0. The van der Waals surface area contributed by atoms with Crippen LogP contribution in [0.3, 0.4) is 0 Å². The van der Waals surface area contributed by atoms with Crippen molar-refractivity contribution in [3.63, 3.8) is 0 Å². The van der Waals surface area contributed by atoms with Crippen molar-refractivity contribution < 1.29 is 19.3 Å². The second-order valence-corrected chi connectivity index (χ2v) is 10.3. The van der Waals surface area contributed by atoms with E-state index in [-0.39, 0.29) is 18.9 Å². The van der Waals surface area contributed by atoms with Gasteiger partial charge in [0, 0.05) is 0 Å². The average molecular weight is 425 g/mol. The van der Waals surface area contributed by atoms with Crippen molar-refractivity contribution in [2.75, 3.05) is 25.7 Å². The predicted molar refractivity (Wildman–Crippen MR) is 121 cm³/mol. The second kappa shape index (κ2) is 15.0. The van der Waals surface area contributed by atoms with Crippen molar-refractivity contribution in [3.05, 3.63) is 0 Å². The van der Waals surface area contributed by atoms with Crippen LogP contribution in [0.2, 0.25) is 0 Å². The first-order valence-corrected chi connectivity index (χ1v) is 11.0. The van der Waals surface area contributed by atoms with Gasteiger partial charge in [-0.25, -0.2) is 0 Å². The minimum Gasteiger partial charge on any atom is -0.393 e. The van der Waals surface area contributed by atoms with Crippen LogP contribution in [0, 0.1) is 10.8 Å². The van der Waals surface area contributed by atoms with E-state index in [1.807, 2.05) is 6.92 Å². The normalized spacial score (nSPS) is 22.5. The van der Waals surface area contributed by atoms with Gasteiger partial charge in [-0.3, -0.25) is 0 Å². The third-order valence-corrected chi connectivity index (χ3v) is 4.45. The van der Waals surface area contributed by atoms with Gasteiger partial charge in [0.1, 0.15) is 6.10 Å². The molecule has 2 fully saturated rings. The SMILES string of the molecule is C.CCC(CC(C)(C)C)OCC1CO1.CCC(O)CC(C)(C)C.ClCC1CO1. The molecule has 0 aromatic carbocycles. The molecule has 0 saturated carbocycles. The fraction of sp³-hybridized carbons (Fsp3) is 1.00. The largest absolute Gasteiger partial charge is 0.393 e. The Morgan fingerprint density at radius 3 is 1.61 bits per heavy atom. The lowest BCUT2D eigenvalue weighted by atomic mass is 9.88. The molecule has 2 aliphatic heterocycles. The van der Waals surface area contributed by atoms with Crippen LogP contribution in [0.15, 0.2) is 0 Å². The summed E-state index contributed by atoms with van der Waals surface area (Å²) in [5, 5.41) is 9.19. The highest BCUT2D eigenvalue weighted by molar-refractivity contribution is 6.18. The average Bonchev–Trinajstić information content (AvgIpc) is 3.43. The molecular formula is C23H49ClO4. The lowest BCUT2D eigenvalue weighted by Gasteiger charge is -2.25. The van der Waals surface area contributed by atoms with Crippen molar-refractivity contribution >= 4 is 11.6 Å². The van der Waals surface area contributed by atoms with E-state index in [0.717, 1.165) is 45.5 Å². The summed E-state index contributed by atoms with van der Waals surface area (Å²) in [6, 6.07) is 0. The van der Waals surface area contributed by atoms with E-state index in [1.54, 1.807) is 0 Å². The Hall–Kier alpha value is 0.130. The van der Waals surface area contributed by atoms with Gasteiger partial charge < -0.3 is 19.3 Å². The molecule has 2 heterocycles. The first-order valence-electron chi connectivity index (χ1n) is 10.5. The Morgan fingerprint density at radius 2 is 1.39 bits per heavy atom. The molecule has 0 amide bonds. The maximum Gasteiger partial charge on any atom is 0.104 e. The van der Waals surface area contributed by atoms with Crippen molar-refractivity contribution in [1.29, 1.82) is 0 Å². The first kappa shape index (κ1) is 30.3. The summed E-state index contributed by atoms with van der Waals surface area (Å²) in [7, 11) is 0. The maximum absolute atomic E-state index is 9.19. The maximum atomic E-state index is 9.19. The number of hydrogen-bond acceptors (Lipinski definition) is 4. The monoisotopic (exact) mass is 424 g/mol. The van der Waals surface area contributed by atoms with E-state index < -0.39 is 0 Å². The molecule has 0 bridgehead atoms. The summed E-state index contributed by atoms with van der Waals surface area (Å²) in [5.41, 5.74) is 0.639. The Morgan fingerprint density at radius 1 is 0.929 bits per heavy atom. The molecule has 0 spiro atoms. The van der Waals surface area contributed by atoms with E-state index in [9.17, 15) is 5.11 Å². The van der Waals surface area contributed by atoms with Crippen LogP contribution in [-0.2, 0) is 14.2 Å². The van der Waals surface area contributed by atoms with Crippen LogP contribution >= 0.6 is 11.6 Å². The van der Waals surface area contributed by atoms with Crippen LogP contribution in [0.25, 0.3) is 0 Å². The minimum atomic E-state index is -0.106. The van der Waals surface area contributed by atoms with Crippen LogP contribution in [0.5, 0.6) is 0 Å². The third kappa shape index (κ3) is 22.4. The van der Waals surface area contributed by atoms with E-state index in [0.29, 0.717) is 29.6 Å². The number of rotatable bonds is 8. The third-order valence-electron chi connectivity index (χ3n) is 4.11. The highest BCUT2D eigenvalue weighted by Gasteiger charge is 2.25. The molecule has 1 N–H and O–H groups in total. The van der Waals surface area contributed by atoms with Gasteiger partial charge in [0.15, 0.2) is 0 Å².